The lowest BCUT2D eigenvalue weighted by Gasteiger charge is -2.26. The van der Waals surface area contributed by atoms with E-state index in [1.54, 1.807) is 4.57 Å². The molecule has 2 amide bonds. The summed E-state index contributed by atoms with van der Waals surface area (Å²) in [6.07, 6.45) is 1.18. The van der Waals surface area contributed by atoms with Gasteiger partial charge in [0.05, 0.1) is 36.5 Å². The fourth-order valence-corrected chi connectivity index (χ4v) is 3.20. The summed E-state index contributed by atoms with van der Waals surface area (Å²) in [6.45, 7) is -0.370. The predicted molar refractivity (Wildman–Crippen MR) is 102 cm³/mol. The van der Waals surface area contributed by atoms with Crippen LogP contribution >= 0.6 is 25.3 Å². The molecule has 2 aromatic heterocycles. The maximum absolute atomic E-state index is 12.0. The third kappa shape index (κ3) is 3.81. The van der Waals surface area contributed by atoms with E-state index < -0.39 is 24.4 Å². The first kappa shape index (κ1) is 19.7. The van der Waals surface area contributed by atoms with Gasteiger partial charge in [-0.1, -0.05) is 0 Å². The number of anilines is 1. The number of amides is 2. The van der Waals surface area contributed by atoms with Crippen LogP contribution in [-0.2, 0) is 14.3 Å². The number of aliphatic hydroxyl groups excluding tert-OH is 1. The Morgan fingerprint density at radius 1 is 1.19 bits per heavy atom. The molecule has 3 heterocycles. The van der Waals surface area contributed by atoms with Crippen molar-refractivity contribution in [1.29, 1.82) is 0 Å². The van der Waals surface area contributed by atoms with E-state index in [2.05, 4.69) is 50.8 Å². The van der Waals surface area contributed by atoms with Gasteiger partial charge in [-0.2, -0.15) is 25.3 Å². The van der Waals surface area contributed by atoms with Crippen LogP contribution in [-0.4, -0.2) is 72.7 Å². The maximum atomic E-state index is 12.0. The standard InChI is InChI=1S/C14H19N7O4S2/c15-12-11-13(17-4-16-12)21(5-18-11)14-10(20-8(24)3-27)9(6(1-22)25-14)19-7(23)2-26/h4-6,9-10,14,22,26-27H,1-3H2,(H,19,23)(H,20,24)(H2,15,16,17)/t6-,9-,10-,14-/m1/s1. The average molecular weight is 413 g/mol. The van der Waals surface area contributed by atoms with Gasteiger partial charge in [0.15, 0.2) is 17.7 Å². The number of fused-ring (bicyclic) bond motifs is 1. The first-order chi connectivity index (χ1) is 13.0. The van der Waals surface area contributed by atoms with Gasteiger partial charge in [0.25, 0.3) is 0 Å². The summed E-state index contributed by atoms with van der Waals surface area (Å²) in [4.78, 5) is 36.1. The van der Waals surface area contributed by atoms with E-state index in [1.165, 1.54) is 12.7 Å². The lowest BCUT2D eigenvalue weighted by molar-refractivity contribution is -0.122. The number of carbonyl (C=O) groups is 2. The normalized spacial score (nSPS) is 24.9. The fraction of sp³-hybridized carbons (Fsp3) is 0.500. The molecule has 1 saturated heterocycles. The van der Waals surface area contributed by atoms with E-state index in [0.29, 0.717) is 11.2 Å². The van der Waals surface area contributed by atoms with Crippen molar-refractivity contribution in [2.45, 2.75) is 24.4 Å². The second-order valence-electron chi connectivity index (χ2n) is 5.83. The Bertz CT molecular complexity index is 848. The molecule has 13 heteroatoms. The molecule has 11 nitrogen and oxygen atoms in total. The smallest absolute Gasteiger partial charge is 0.230 e. The van der Waals surface area contributed by atoms with Crippen LogP contribution in [0.25, 0.3) is 11.2 Å². The van der Waals surface area contributed by atoms with Crippen molar-refractivity contribution in [1.82, 2.24) is 30.2 Å². The van der Waals surface area contributed by atoms with Crippen molar-refractivity contribution in [2.24, 2.45) is 0 Å². The van der Waals surface area contributed by atoms with Crippen LogP contribution in [0.1, 0.15) is 6.23 Å². The van der Waals surface area contributed by atoms with Gasteiger partial charge in [-0.15, -0.1) is 0 Å². The molecule has 0 bridgehead atoms. The number of ether oxygens (including phenoxy) is 1. The summed E-state index contributed by atoms with van der Waals surface area (Å²) in [5.41, 5.74) is 6.59. The number of nitrogens with one attached hydrogen (secondary N) is 2. The Kier molecular flexibility index (Phi) is 6.04. The van der Waals surface area contributed by atoms with Crippen LogP contribution in [0.3, 0.4) is 0 Å². The molecular formula is C14H19N7O4S2. The Morgan fingerprint density at radius 2 is 1.85 bits per heavy atom. The maximum Gasteiger partial charge on any atom is 0.230 e. The molecule has 0 radical (unpaired) electrons. The summed E-state index contributed by atoms with van der Waals surface area (Å²) in [5.74, 6) is -0.631. The molecule has 0 saturated carbocycles. The molecule has 146 valence electrons. The first-order valence-corrected chi connectivity index (χ1v) is 9.26. The molecule has 0 aromatic carbocycles. The number of rotatable bonds is 6. The average Bonchev–Trinajstić information content (AvgIpc) is 3.24. The third-order valence-electron chi connectivity index (χ3n) is 4.19. The molecule has 3 rings (SSSR count). The van der Waals surface area contributed by atoms with E-state index in [1.807, 2.05) is 0 Å². The molecule has 1 aliphatic heterocycles. The van der Waals surface area contributed by atoms with Crippen LogP contribution in [0.5, 0.6) is 0 Å². The minimum Gasteiger partial charge on any atom is -0.394 e. The zero-order valence-electron chi connectivity index (χ0n) is 14.0. The van der Waals surface area contributed by atoms with Crippen LogP contribution in [0.15, 0.2) is 12.7 Å². The number of carbonyl (C=O) groups excluding carboxylic acids is 2. The van der Waals surface area contributed by atoms with E-state index in [9.17, 15) is 14.7 Å². The highest BCUT2D eigenvalue weighted by Gasteiger charge is 2.47. The molecule has 2 aromatic rings. The highest BCUT2D eigenvalue weighted by atomic mass is 32.1. The monoisotopic (exact) mass is 413 g/mol. The summed E-state index contributed by atoms with van der Waals surface area (Å²) in [5, 5.41) is 15.2. The number of nitrogens with two attached hydrogens (primary N) is 1. The second kappa shape index (κ2) is 8.29. The van der Waals surface area contributed by atoms with Crippen molar-refractivity contribution in [3.05, 3.63) is 12.7 Å². The van der Waals surface area contributed by atoms with Crippen LogP contribution < -0.4 is 16.4 Å². The minimum atomic E-state index is -0.796. The Hall–Kier alpha value is -2.09. The molecule has 0 spiro atoms. The second-order valence-corrected chi connectivity index (χ2v) is 6.47. The lowest BCUT2D eigenvalue weighted by atomic mass is 10.0. The van der Waals surface area contributed by atoms with Gasteiger partial charge in [-0.05, 0) is 0 Å². The van der Waals surface area contributed by atoms with Crippen molar-refractivity contribution < 1.29 is 19.4 Å². The molecule has 0 aliphatic carbocycles. The Balaban J connectivity index is 2.01. The number of nitrogen functional groups attached to an aromatic ring is 1. The number of hydrogen-bond donors (Lipinski definition) is 6. The largest absolute Gasteiger partial charge is 0.394 e. The van der Waals surface area contributed by atoms with Gasteiger partial charge in [0, 0.05) is 0 Å². The third-order valence-corrected chi connectivity index (χ3v) is 4.77. The molecule has 27 heavy (non-hydrogen) atoms. The zero-order valence-corrected chi connectivity index (χ0v) is 15.8. The molecule has 5 N–H and O–H groups in total. The molecular weight excluding hydrogens is 394 g/mol. The molecule has 1 fully saturated rings. The topological polar surface area (TPSA) is 157 Å². The lowest BCUT2D eigenvalue weighted by Crippen LogP contribution is -2.55. The number of aliphatic hydroxyl groups is 1. The van der Waals surface area contributed by atoms with E-state index >= 15 is 0 Å². The van der Waals surface area contributed by atoms with Gasteiger partial charge < -0.3 is 26.2 Å². The van der Waals surface area contributed by atoms with E-state index in [0.717, 1.165) is 0 Å². The van der Waals surface area contributed by atoms with Crippen LogP contribution in [0.4, 0.5) is 5.82 Å². The zero-order chi connectivity index (χ0) is 19.6. The van der Waals surface area contributed by atoms with Crippen LogP contribution in [0.2, 0.25) is 0 Å². The van der Waals surface area contributed by atoms with Crippen molar-refractivity contribution >= 4 is 54.1 Å². The summed E-state index contributed by atoms with van der Waals surface area (Å²) < 4.78 is 7.49. The number of aromatic nitrogens is 4. The fourth-order valence-electron chi connectivity index (χ4n) is 3.02. The predicted octanol–water partition coefficient (Wildman–Crippen LogP) is -1.87. The molecule has 0 unspecified atom stereocenters. The number of nitrogens with zero attached hydrogens (tertiary/aromatic N) is 4. The van der Waals surface area contributed by atoms with Crippen LogP contribution in [0, 0.1) is 0 Å². The number of thiol groups is 2. The van der Waals surface area contributed by atoms with Crippen molar-refractivity contribution in [3.8, 4) is 0 Å². The summed E-state index contributed by atoms with van der Waals surface area (Å²) in [6, 6.07) is -1.40. The van der Waals surface area contributed by atoms with Crippen molar-refractivity contribution in [2.75, 3.05) is 23.8 Å². The van der Waals surface area contributed by atoms with E-state index in [-0.39, 0.29) is 35.7 Å². The van der Waals surface area contributed by atoms with E-state index in [4.69, 9.17) is 10.5 Å². The first-order valence-electron chi connectivity index (χ1n) is 8.00. The highest BCUT2D eigenvalue weighted by molar-refractivity contribution is 7.81. The highest BCUT2D eigenvalue weighted by Crippen LogP contribution is 2.32. The Morgan fingerprint density at radius 3 is 2.48 bits per heavy atom. The quantitative estimate of drug-likeness (QED) is 0.301. The Labute approximate surface area is 164 Å². The number of hydrogen-bond acceptors (Lipinski definition) is 10. The molecule has 1 aliphatic rings. The number of imidazole rings is 1. The minimum absolute atomic E-state index is 0.0513. The SMILES string of the molecule is Nc1ncnc2c1ncn2[C@@H]1O[C@H](CO)[C@@H](NC(=O)CS)[C@H]1NC(=O)CS. The van der Waals surface area contributed by atoms with Gasteiger partial charge in [-0.25, -0.2) is 15.0 Å². The van der Waals surface area contributed by atoms with Gasteiger partial charge in [0.2, 0.25) is 11.8 Å². The van der Waals surface area contributed by atoms with Gasteiger partial charge in [-0.3, -0.25) is 14.2 Å². The van der Waals surface area contributed by atoms with Crippen molar-refractivity contribution in [3.63, 3.8) is 0 Å². The molecule has 4 atom stereocenters. The summed E-state index contributed by atoms with van der Waals surface area (Å²) >= 11 is 7.92. The summed E-state index contributed by atoms with van der Waals surface area (Å²) in [7, 11) is 0. The van der Waals surface area contributed by atoms with Gasteiger partial charge >= 0.3 is 0 Å². The van der Waals surface area contributed by atoms with Gasteiger partial charge in [0.1, 0.15) is 17.9 Å².